The van der Waals surface area contributed by atoms with Crippen LogP contribution in [0.15, 0.2) is 60.8 Å². The zero-order chi connectivity index (χ0) is 18.6. The van der Waals surface area contributed by atoms with Crippen molar-refractivity contribution in [3.63, 3.8) is 0 Å². The smallest absolute Gasteiger partial charge is 0.256 e. The minimum absolute atomic E-state index is 0.167. The number of hydrogen-bond acceptors (Lipinski definition) is 2. The standard InChI is InChI=1S/C23H27N3O/c1-2-25-18-21(20-11-6-7-12-22(20)25)23(27)26-14-8-13-24(15-16-26)17-19-9-4-3-5-10-19/h3-7,9-12,18H,2,8,13-17H2,1H3. The summed E-state index contributed by atoms with van der Waals surface area (Å²) in [6.07, 6.45) is 3.05. The minimum atomic E-state index is 0.167. The molecule has 1 aliphatic heterocycles. The average molecular weight is 361 g/mol. The van der Waals surface area contributed by atoms with E-state index in [9.17, 15) is 4.79 Å². The van der Waals surface area contributed by atoms with Crippen LogP contribution in [0.25, 0.3) is 10.9 Å². The third-order valence-corrected chi connectivity index (χ3v) is 5.48. The topological polar surface area (TPSA) is 28.5 Å². The monoisotopic (exact) mass is 361 g/mol. The molecule has 0 unspecified atom stereocenters. The molecule has 0 bridgehead atoms. The second-order valence-corrected chi connectivity index (χ2v) is 7.25. The number of fused-ring (bicyclic) bond motifs is 1. The molecule has 4 nitrogen and oxygen atoms in total. The molecule has 1 aromatic heterocycles. The number of hydrogen-bond donors (Lipinski definition) is 0. The van der Waals surface area contributed by atoms with Crippen LogP contribution < -0.4 is 0 Å². The van der Waals surface area contributed by atoms with Crippen molar-refractivity contribution in [2.75, 3.05) is 26.2 Å². The number of carbonyl (C=O) groups is 1. The first kappa shape index (κ1) is 17.8. The number of amides is 1. The Balaban J connectivity index is 1.49. The molecule has 4 rings (SSSR count). The van der Waals surface area contributed by atoms with Gasteiger partial charge in [-0.15, -0.1) is 0 Å². The zero-order valence-electron chi connectivity index (χ0n) is 16.0. The quantitative estimate of drug-likeness (QED) is 0.702. The summed E-state index contributed by atoms with van der Waals surface area (Å²) >= 11 is 0. The van der Waals surface area contributed by atoms with Crippen molar-refractivity contribution in [1.29, 1.82) is 0 Å². The molecule has 3 aromatic rings. The molecule has 2 heterocycles. The maximum absolute atomic E-state index is 13.3. The molecule has 2 aromatic carbocycles. The number of aromatic nitrogens is 1. The van der Waals surface area contributed by atoms with Crippen molar-refractivity contribution >= 4 is 16.8 Å². The molecule has 0 aliphatic carbocycles. The van der Waals surface area contributed by atoms with E-state index in [1.807, 2.05) is 23.2 Å². The van der Waals surface area contributed by atoms with Crippen molar-refractivity contribution in [2.24, 2.45) is 0 Å². The maximum atomic E-state index is 13.3. The highest BCUT2D eigenvalue weighted by atomic mass is 16.2. The van der Waals surface area contributed by atoms with E-state index in [-0.39, 0.29) is 5.91 Å². The normalized spacial score (nSPS) is 15.8. The van der Waals surface area contributed by atoms with Crippen molar-refractivity contribution in [1.82, 2.24) is 14.4 Å². The van der Waals surface area contributed by atoms with Gasteiger partial charge in [-0.05, 0) is 25.0 Å². The lowest BCUT2D eigenvalue weighted by Crippen LogP contribution is -2.35. The van der Waals surface area contributed by atoms with Gasteiger partial charge in [-0.25, -0.2) is 0 Å². The lowest BCUT2D eigenvalue weighted by atomic mass is 10.1. The molecule has 1 fully saturated rings. The summed E-state index contributed by atoms with van der Waals surface area (Å²) in [7, 11) is 0. The molecule has 0 spiro atoms. The second kappa shape index (κ2) is 7.97. The Morgan fingerprint density at radius 1 is 0.926 bits per heavy atom. The SMILES string of the molecule is CCn1cc(C(=O)N2CCCN(Cc3ccccc3)CC2)c2ccccc21. The van der Waals surface area contributed by atoms with Gasteiger partial charge in [0.2, 0.25) is 0 Å². The van der Waals surface area contributed by atoms with Crippen LogP contribution in [0.2, 0.25) is 0 Å². The van der Waals surface area contributed by atoms with Crippen LogP contribution in [0, 0.1) is 0 Å². The van der Waals surface area contributed by atoms with E-state index in [4.69, 9.17) is 0 Å². The summed E-state index contributed by atoms with van der Waals surface area (Å²) < 4.78 is 2.17. The fourth-order valence-electron chi connectivity index (χ4n) is 4.02. The molecule has 1 amide bonds. The van der Waals surface area contributed by atoms with Gasteiger partial charge in [0.1, 0.15) is 0 Å². The summed E-state index contributed by atoms with van der Waals surface area (Å²) in [6, 6.07) is 18.8. The Morgan fingerprint density at radius 2 is 1.70 bits per heavy atom. The predicted molar refractivity (Wildman–Crippen MR) is 110 cm³/mol. The van der Waals surface area contributed by atoms with E-state index in [1.165, 1.54) is 5.56 Å². The van der Waals surface area contributed by atoms with Crippen LogP contribution >= 0.6 is 0 Å². The van der Waals surface area contributed by atoms with Crippen LogP contribution in [-0.4, -0.2) is 46.5 Å². The second-order valence-electron chi connectivity index (χ2n) is 7.25. The van der Waals surface area contributed by atoms with E-state index >= 15 is 0 Å². The first-order valence-corrected chi connectivity index (χ1v) is 9.89. The fourth-order valence-corrected chi connectivity index (χ4v) is 4.02. The Labute approximate surface area is 161 Å². The van der Waals surface area contributed by atoms with Crippen molar-refractivity contribution in [3.05, 3.63) is 71.9 Å². The average Bonchev–Trinajstić information content (AvgIpc) is 2.93. The molecule has 0 N–H and O–H groups in total. The number of nitrogens with zero attached hydrogens (tertiary/aromatic N) is 3. The molecule has 0 saturated carbocycles. The molecule has 140 valence electrons. The minimum Gasteiger partial charge on any atom is -0.347 e. The molecule has 27 heavy (non-hydrogen) atoms. The van der Waals surface area contributed by atoms with Gasteiger partial charge < -0.3 is 9.47 Å². The van der Waals surface area contributed by atoms with Gasteiger partial charge in [-0.1, -0.05) is 48.5 Å². The van der Waals surface area contributed by atoms with Crippen molar-refractivity contribution < 1.29 is 4.79 Å². The van der Waals surface area contributed by atoms with Crippen LogP contribution in [-0.2, 0) is 13.1 Å². The van der Waals surface area contributed by atoms with Gasteiger partial charge >= 0.3 is 0 Å². The Bertz CT molecular complexity index is 916. The first-order valence-electron chi connectivity index (χ1n) is 9.89. The van der Waals surface area contributed by atoms with Gasteiger partial charge in [-0.3, -0.25) is 9.69 Å². The van der Waals surface area contributed by atoms with Crippen LogP contribution in [0.5, 0.6) is 0 Å². The van der Waals surface area contributed by atoms with Crippen LogP contribution in [0.1, 0.15) is 29.3 Å². The Morgan fingerprint density at radius 3 is 2.52 bits per heavy atom. The lowest BCUT2D eigenvalue weighted by Gasteiger charge is -2.22. The fraction of sp³-hybridized carbons (Fsp3) is 0.348. The molecule has 0 atom stereocenters. The van der Waals surface area contributed by atoms with Gasteiger partial charge in [0.05, 0.1) is 5.56 Å². The number of aryl methyl sites for hydroxylation is 1. The predicted octanol–water partition coefficient (Wildman–Crippen LogP) is 4.01. The third kappa shape index (κ3) is 3.76. The van der Waals surface area contributed by atoms with Crippen LogP contribution in [0.3, 0.4) is 0 Å². The highest BCUT2D eigenvalue weighted by molar-refractivity contribution is 6.07. The Kier molecular flexibility index (Phi) is 5.26. The Hall–Kier alpha value is -2.59. The number of rotatable bonds is 4. The number of carbonyl (C=O) groups excluding carboxylic acids is 1. The van der Waals surface area contributed by atoms with Gasteiger partial charge in [0, 0.05) is 56.4 Å². The molecule has 0 radical (unpaired) electrons. The number of para-hydroxylation sites is 1. The number of benzene rings is 2. The highest BCUT2D eigenvalue weighted by Gasteiger charge is 2.23. The van der Waals surface area contributed by atoms with E-state index in [2.05, 4.69) is 58.9 Å². The molecular formula is C23H27N3O. The highest BCUT2D eigenvalue weighted by Crippen LogP contribution is 2.23. The van der Waals surface area contributed by atoms with E-state index in [0.29, 0.717) is 0 Å². The summed E-state index contributed by atoms with van der Waals surface area (Å²) in [4.78, 5) is 17.7. The largest absolute Gasteiger partial charge is 0.347 e. The maximum Gasteiger partial charge on any atom is 0.256 e. The van der Waals surface area contributed by atoms with E-state index in [0.717, 1.165) is 62.2 Å². The lowest BCUT2D eigenvalue weighted by molar-refractivity contribution is 0.0763. The molecule has 1 aliphatic rings. The van der Waals surface area contributed by atoms with Gasteiger partial charge in [-0.2, -0.15) is 0 Å². The van der Waals surface area contributed by atoms with Crippen molar-refractivity contribution in [3.8, 4) is 0 Å². The summed E-state index contributed by atoms with van der Waals surface area (Å²) in [5, 5.41) is 1.06. The van der Waals surface area contributed by atoms with Crippen LogP contribution in [0.4, 0.5) is 0 Å². The third-order valence-electron chi connectivity index (χ3n) is 5.48. The summed E-state index contributed by atoms with van der Waals surface area (Å²) in [5.74, 6) is 0.167. The first-order chi connectivity index (χ1) is 13.3. The van der Waals surface area contributed by atoms with Crippen molar-refractivity contribution in [2.45, 2.75) is 26.4 Å². The zero-order valence-corrected chi connectivity index (χ0v) is 16.0. The molecule has 4 heteroatoms. The summed E-state index contributed by atoms with van der Waals surface area (Å²) in [5.41, 5.74) is 3.32. The molecular weight excluding hydrogens is 334 g/mol. The molecule has 1 saturated heterocycles. The van der Waals surface area contributed by atoms with Gasteiger partial charge in [0.25, 0.3) is 5.91 Å². The van der Waals surface area contributed by atoms with E-state index < -0.39 is 0 Å². The van der Waals surface area contributed by atoms with Gasteiger partial charge in [0.15, 0.2) is 0 Å². The summed E-state index contributed by atoms with van der Waals surface area (Å²) in [6.45, 7) is 7.53. The van der Waals surface area contributed by atoms with E-state index in [1.54, 1.807) is 0 Å².